The summed E-state index contributed by atoms with van der Waals surface area (Å²) in [6, 6.07) is 13.3. The predicted octanol–water partition coefficient (Wildman–Crippen LogP) is 3.33. The lowest BCUT2D eigenvalue weighted by molar-refractivity contribution is 0.108. The van der Waals surface area contributed by atoms with Crippen molar-refractivity contribution in [2.24, 2.45) is 0 Å². The molecule has 0 atom stereocenters. The zero-order valence-electron chi connectivity index (χ0n) is 11.4. The SMILES string of the molecule is O=C(Cl)c1cccc(Cl)c1.O=c1[nH]nnn1-c1cccc(Cl)c1. The largest absolute Gasteiger partial charge is 0.365 e. The van der Waals surface area contributed by atoms with Crippen LogP contribution in [-0.4, -0.2) is 25.4 Å². The molecule has 9 heteroatoms. The third-order valence-corrected chi connectivity index (χ3v) is 3.26. The van der Waals surface area contributed by atoms with Crippen molar-refractivity contribution in [2.75, 3.05) is 0 Å². The Hall–Kier alpha value is -2.15. The van der Waals surface area contributed by atoms with Crippen LogP contribution in [0.4, 0.5) is 0 Å². The number of hydrogen-bond donors (Lipinski definition) is 1. The smallest absolute Gasteiger partial charge is 0.276 e. The molecule has 118 valence electrons. The predicted molar refractivity (Wildman–Crippen MR) is 88.6 cm³/mol. The summed E-state index contributed by atoms with van der Waals surface area (Å²) in [7, 11) is 0. The third-order valence-electron chi connectivity index (χ3n) is 2.58. The molecule has 3 aromatic rings. The van der Waals surface area contributed by atoms with Crippen LogP contribution < -0.4 is 5.69 Å². The minimum absolute atomic E-state index is 0.387. The number of rotatable bonds is 2. The van der Waals surface area contributed by atoms with Crippen molar-refractivity contribution in [1.29, 1.82) is 0 Å². The highest BCUT2D eigenvalue weighted by Gasteiger charge is 2.02. The van der Waals surface area contributed by atoms with Gasteiger partial charge in [-0.25, -0.2) is 9.89 Å². The normalized spacial score (nSPS) is 9.87. The molecule has 6 nitrogen and oxygen atoms in total. The van der Waals surface area contributed by atoms with Gasteiger partial charge in [0.25, 0.3) is 5.24 Å². The first-order valence-corrected chi connectivity index (χ1v) is 7.32. The van der Waals surface area contributed by atoms with E-state index in [1.54, 1.807) is 42.5 Å². The summed E-state index contributed by atoms with van der Waals surface area (Å²) in [6.45, 7) is 0. The van der Waals surface area contributed by atoms with Crippen molar-refractivity contribution in [2.45, 2.75) is 0 Å². The van der Waals surface area contributed by atoms with Crippen molar-refractivity contribution >= 4 is 40.0 Å². The summed E-state index contributed by atoms with van der Waals surface area (Å²) in [4.78, 5) is 21.6. The van der Waals surface area contributed by atoms with Gasteiger partial charge in [0, 0.05) is 15.6 Å². The molecule has 0 bridgehead atoms. The molecule has 1 aromatic heterocycles. The van der Waals surface area contributed by atoms with Gasteiger partial charge in [-0.3, -0.25) is 4.79 Å². The number of nitrogens with one attached hydrogen (secondary N) is 1. The Morgan fingerprint density at radius 3 is 2.17 bits per heavy atom. The van der Waals surface area contributed by atoms with Crippen LogP contribution in [0.3, 0.4) is 0 Å². The first-order chi connectivity index (χ1) is 11.0. The van der Waals surface area contributed by atoms with Crippen molar-refractivity contribution in [3.63, 3.8) is 0 Å². The minimum Gasteiger partial charge on any atom is -0.276 e. The standard InChI is InChI=1S/C7H4Cl2O.C7H5ClN4O/c8-6-3-1-2-5(4-6)7(9)10;8-5-2-1-3-6(4-5)12-7(13)9-10-11-12/h1-4H;1-4H,(H,9,11,13). The molecule has 2 aromatic carbocycles. The maximum absolute atomic E-state index is 11.1. The van der Waals surface area contributed by atoms with E-state index in [-0.39, 0.29) is 5.69 Å². The van der Waals surface area contributed by atoms with E-state index in [1.165, 1.54) is 6.07 Å². The Bertz CT molecular complexity index is 876. The molecular weight excluding hydrogens is 363 g/mol. The summed E-state index contributed by atoms with van der Waals surface area (Å²) in [6.07, 6.45) is 0. The van der Waals surface area contributed by atoms with E-state index in [9.17, 15) is 9.59 Å². The molecule has 0 amide bonds. The van der Waals surface area contributed by atoms with Gasteiger partial charge in [-0.15, -0.1) is 0 Å². The zero-order valence-corrected chi connectivity index (χ0v) is 13.7. The lowest BCUT2D eigenvalue weighted by Crippen LogP contribution is -2.15. The van der Waals surface area contributed by atoms with Crippen LogP contribution in [0.2, 0.25) is 10.0 Å². The molecule has 1 heterocycles. The second-order valence-corrected chi connectivity index (χ2v) is 5.40. The van der Waals surface area contributed by atoms with Gasteiger partial charge in [0.05, 0.1) is 5.69 Å². The van der Waals surface area contributed by atoms with E-state index in [2.05, 4.69) is 15.5 Å². The Morgan fingerprint density at radius 1 is 1.04 bits per heavy atom. The first kappa shape index (κ1) is 17.2. The molecule has 0 aliphatic carbocycles. The second kappa shape index (κ2) is 7.92. The summed E-state index contributed by atoms with van der Waals surface area (Å²) in [5.74, 6) is 0. The molecule has 23 heavy (non-hydrogen) atoms. The maximum Gasteiger partial charge on any atom is 0.365 e. The molecule has 1 N–H and O–H groups in total. The molecule has 0 unspecified atom stereocenters. The Kier molecular flexibility index (Phi) is 5.92. The average molecular weight is 372 g/mol. The fourth-order valence-electron chi connectivity index (χ4n) is 1.59. The molecule has 0 radical (unpaired) electrons. The van der Waals surface area contributed by atoms with Gasteiger partial charge in [0.2, 0.25) is 0 Å². The number of nitrogens with zero attached hydrogens (tertiary/aromatic N) is 3. The molecule has 0 saturated heterocycles. The Morgan fingerprint density at radius 2 is 1.70 bits per heavy atom. The quantitative estimate of drug-likeness (QED) is 0.701. The van der Waals surface area contributed by atoms with E-state index >= 15 is 0 Å². The van der Waals surface area contributed by atoms with Gasteiger partial charge in [-0.05, 0) is 58.4 Å². The van der Waals surface area contributed by atoms with Crippen LogP contribution in [0.5, 0.6) is 0 Å². The highest BCUT2D eigenvalue weighted by Crippen LogP contribution is 2.12. The third kappa shape index (κ3) is 4.92. The van der Waals surface area contributed by atoms with Crippen LogP contribution in [0.15, 0.2) is 53.3 Å². The Labute approximate surface area is 145 Å². The van der Waals surface area contributed by atoms with Gasteiger partial charge in [0.1, 0.15) is 0 Å². The number of aromatic amines is 1. The van der Waals surface area contributed by atoms with Crippen LogP contribution in [0, 0.1) is 0 Å². The van der Waals surface area contributed by atoms with Gasteiger partial charge >= 0.3 is 5.69 Å². The lowest BCUT2D eigenvalue weighted by Gasteiger charge is -1.96. The van der Waals surface area contributed by atoms with E-state index in [0.717, 1.165) is 4.68 Å². The van der Waals surface area contributed by atoms with Crippen molar-refractivity contribution in [1.82, 2.24) is 20.2 Å². The summed E-state index contributed by atoms with van der Waals surface area (Å²) >= 11 is 16.5. The highest BCUT2D eigenvalue weighted by molar-refractivity contribution is 6.67. The number of benzene rings is 2. The first-order valence-electron chi connectivity index (χ1n) is 6.19. The van der Waals surface area contributed by atoms with E-state index in [1.807, 2.05) is 0 Å². The number of carbonyl (C=O) groups is 1. The monoisotopic (exact) mass is 370 g/mol. The number of aromatic nitrogens is 4. The van der Waals surface area contributed by atoms with Gasteiger partial charge < -0.3 is 0 Å². The van der Waals surface area contributed by atoms with Crippen LogP contribution in [0.25, 0.3) is 5.69 Å². The zero-order chi connectivity index (χ0) is 16.8. The Balaban J connectivity index is 0.000000174. The van der Waals surface area contributed by atoms with E-state index in [0.29, 0.717) is 21.3 Å². The van der Waals surface area contributed by atoms with Crippen molar-refractivity contribution in [3.05, 3.63) is 74.6 Å². The van der Waals surface area contributed by atoms with E-state index in [4.69, 9.17) is 34.8 Å². The molecule has 0 aliphatic rings. The molecule has 3 rings (SSSR count). The number of H-pyrrole nitrogens is 1. The fourth-order valence-corrected chi connectivity index (χ4v) is 2.08. The topological polar surface area (TPSA) is 80.6 Å². The molecule has 0 aliphatic heterocycles. The van der Waals surface area contributed by atoms with Gasteiger partial charge in [0.15, 0.2) is 0 Å². The maximum atomic E-state index is 11.1. The van der Waals surface area contributed by atoms with Gasteiger partial charge in [-0.1, -0.05) is 35.3 Å². The number of carbonyl (C=O) groups excluding carboxylic acids is 1. The summed E-state index contributed by atoms with van der Waals surface area (Å²) in [5, 5.41) is 9.70. The average Bonchev–Trinajstić information content (AvgIpc) is 2.94. The highest BCUT2D eigenvalue weighted by atomic mass is 35.5. The lowest BCUT2D eigenvalue weighted by atomic mass is 10.2. The molecule has 0 saturated carbocycles. The summed E-state index contributed by atoms with van der Waals surface area (Å²) in [5.41, 5.74) is 0.627. The molecule has 0 spiro atoms. The minimum atomic E-state index is -0.484. The molecular formula is C14H9Cl3N4O2. The van der Waals surface area contributed by atoms with Crippen LogP contribution >= 0.6 is 34.8 Å². The molecule has 0 fully saturated rings. The number of tetrazole rings is 1. The van der Waals surface area contributed by atoms with Crippen molar-refractivity contribution < 1.29 is 4.79 Å². The second-order valence-electron chi connectivity index (χ2n) is 4.18. The fraction of sp³-hybridized carbons (Fsp3) is 0. The van der Waals surface area contributed by atoms with Crippen LogP contribution in [-0.2, 0) is 0 Å². The van der Waals surface area contributed by atoms with Crippen LogP contribution in [0.1, 0.15) is 10.4 Å². The van der Waals surface area contributed by atoms with Crippen molar-refractivity contribution in [3.8, 4) is 5.69 Å². The number of hydrogen-bond acceptors (Lipinski definition) is 4. The number of halogens is 3. The summed E-state index contributed by atoms with van der Waals surface area (Å²) < 4.78 is 1.13. The van der Waals surface area contributed by atoms with E-state index < -0.39 is 5.24 Å². The van der Waals surface area contributed by atoms with Gasteiger partial charge in [-0.2, -0.15) is 4.68 Å².